The second kappa shape index (κ2) is 9.48. The maximum Gasteiger partial charge on any atom is 0.170 e. The van der Waals surface area contributed by atoms with Gasteiger partial charge in [-0.2, -0.15) is 0 Å². The molecular weight excluding hydrogens is 444 g/mol. The van der Waals surface area contributed by atoms with Crippen LogP contribution in [-0.4, -0.2) is 59.3 Å². The molecule has 33 heavy (non-hydrogen) atoms. The fourth-order valence-corrected chi connectivity index (χ4v) is 5.53. The first-order valence-corrected chi connectivity index (χ1v) is 12.6. The highest BCUT2D eigenvalue weighted by Crippen LogP contribution is 2.37. The predicted octanol–water partition coefficient (Wildman–Crippen LogP) is 2.73. The first kappa shape index (κ1) is 23.2. The number of hydrogen-bond acceptors (Lipinski definition) is 8. The molecule has 9 nitrogen and oxygen atoms in total. The average molecular weight is 473 g/mol. The molecule has 1 atom stereocenters. The fourth-order valence-electron chi connectivity index (χ4n) is 4.04. The van der Waals surface area contributed by atoms with E-state index in [0.29, 0.717) is 28.6 Å². The summed E-state index contributed by atoms with van der Waals surface area (Å²) in [6.07, 6.45) is 5.24. The molecule has 10 heteroatoms. The first-order valence-electron chi connectivity index (χ1n) is 10.8. The summed E-state index contributed by atoms with van der Waals surface area (Å²) in [5.41, 5.74) is 2.09. The number of sulfone groups is 1. The highest BCUT2D eigenvalue weighted by atomic mass is 32.2. The van der Waals surface area contributed by atoms with E-state index in [-0.39, 0.29) is 23.2 Å². The summed E-state index contributed by atoms with van der Waals surface area (Å²) in [4.78, 5) is 4.24. The van der Waals surface area contributed by atoms with Gasteiger partial charge in [0.15, 0.2) is 21.5 Å². The molecular formula is C23H28N4O5S. The molecule has 4 rings (SSSR count). The van der Waals surface area contributed by atoms with Gasteiger partial charge in [-0.05, 0) is 49.4 Å². The Balaban J connectivity index is 1.82. The van der Waals surface area contributed by atoms with E-state index in [0.717, 1.165) is 24.8 Å². The van der Waals surface area contributed by atoms with Crippen molar-refractivity contribution < 1.29 is 23.0 Å². The SMILES string of the molecule is COc1cccc(OC)c1-n1c(CS(=O)(=O)C[C@H](O)C2CCC2)nnc1-c1cncc(C)c1. The predicted molar refractivity (Wildman–Crippen MR) is 123 cm³/mol. The monoisotopic (exact) mass is 472 g/mol. The molecule has 0 amide bonds. The second-order valence-electron chi connectivity index (χ2n) is 8.35. The second-order valence-corrected chi connectivity index (χ2v) is 10.5. The number of benzene rings is 1. The van der Waals surface area contributed by atoms with Crippen LogP contribution < -0.4 is 9.47 Å². The third kappa shape index (κ3) is 4.86. The summed E-state index contributed by atoms with van der Waals surface area (Å²) < 4.78 is 38.8. The van der Waals surface area contributed by atoms with E-state index >= 15 is 0 Å². The van der Waals surface area contributed by atoms with Crippen LogP contribution >= 0.6 is 0 Å². The Morgan fingerprint density at radius 3 is 2.42 bits per heavy atom. The lowest BCUT2D eigenvalue weighted by Crippen LogP contribution is -2.33. The lowest BCUT2D eigenvalue weighted by Gasteiger charge is -2.30. The van der Waals surface area contributed by atoms with Crippen molar-refractivity contribution in [3.8, 4) is 28.6 Å². The Morgan fingerprint density at radius 1 is 1.15 bits per heavy atom. The van der Waals surface area contributed by atoms with E-state index in [4.69, 9.17) is 9.47 Å². The topological polar surface area (TPSA) is 116 Å². The number of aryl methyl sites for hydroxylation is 1. The van der Waals surface area contributed by atoms with Crippen molar-refractivity contribution >= 4 is 9.84 Å². The summed E-state index contributed by atoms with van der Waals surface area (Å²) in [5.74, 6) is 0.919. The highest BCUT2D eigenvalue weighted by molar-refractivity contribution is 7.90. The van der Waals surface area contributed by atoms with Crippen molar-refractivity contribution in [2.45, 2.75) is 38.0 Å². The molecule has 1 aliphatic rings. The number of nitrogens with zero attached hydrogens (tertiary/aromatic N) is 4. The van der Waals surface area contributed by atoms with Crippen molar-refractivity contribution in [2.75, 3.05) is 20.0 Å². The Hall–Kier alpha value is -2.98. The molecule has 0 unspecified atom stereocenters. The largest absolute Gasteiger partial charge is 0.494 e. The Kier molecular flexibility index (Phi) is 6.66. The minimum absolute atomic E-state index is 0.0425. The zero-order valence-electron chi connectivity index (χ0n) is 18.9. The molecule has 1 aliphatic carbocycles. The van der Waals surface area contributed by atoms with E-state index in [1.165, 1.54) is 14.2 Å². The van der Waals surface area contributed by atoms with Gasteiger partial charge in [0.2, 0.25) is 0 Å². The van der Waals surface area contributed by atoms with Crippen LogP contribution in [0.15, 0.2) is 36.7 Å². The van der Waals surface area contributed by atoms with Crippen LogP contribution in [0.5, 0.6) is 11.5 Å². The maximum atomic E-state index is 13.0. The summed E-state index contributed by atoms with van der Waals surface area (Å²) in [6, 6.07) is 7.20. The Morgan fingerprint density at radius 2 is 1.85 bits per heavy atom. The molecule has 2 heterocycles. The summed E-state index contributed by atoms with van der Waals surface area (Å²) in [7, 11) is -0.613. The highest BCUT2D eigenvalue weighted by Gasteiger charge is 2.31. The van der Waals surface area contributed by atoms with Crippen molar-refractivity contribution in [1.29, 1.82) is 0 Å². The molecule has 1 N–H and O–H groups in total. The Bertz CT molecular complexity index is 1220. The van der Waals surface area contributed by atoms with Gasteiger partial charge >= 0.3 is 0 Å². The number of aliphatic hydroxyl groups excluding tert-OH is 1. The summed E-state index contributed by atoms with van der Waals surface area (Å²) >= 11 is 0. The smallest absolute Gasteiger partial charge is 0.170 e. The molecule has 1 fully saturated rings. The molecule has 3 aromatic rings. The lowest BCUT2D eigenvalue weighted by atomic mass is 9.82. The van der Waals surface area contributed by atoms with E-state index in [9.17, 15) is 13.5 Å². The quantitative estimate of drug-likeness (QED) is 0.505. The molecule has 1 aromatic carbocycles. The van der Waals surface area contributed by atoms with Crippen molar-refractivity contribution in [3.63, 3.8) is 0 Å². The van der Waals surface area contributed by atoms with Gasteiger partial charge in [-0.1, -0.05) is 12.5 Å². The zero-order chi connectivity index (χ0) is 23.6. The van der Waals surface area contributed by atoms with Crippen LogP contribution in [0, 0.1) is 12.8 Å². The first-order chi connectivity index (χ1) is 15.8. The van der Waals surface area contributed by atoms with Gasteiger partial charge in [-0.15, -0.1) is 10.2 Å². The van der Waals surface area contributed by atoms with Crippen LogP contribution in [0.4, 0.5) is 0 Å². The molecule has 0 aliphatic heterocycles. The average Bonchev–Trinajstić information content (AvgIpc) is 3.13. The number of ether oxygens (including phenoxy) is 2. The van der Waals surface area contributed by atoms with Gasteiger partial charge in [0, 0.05) is 18.0 Å². The van der Waals surface area contributed by atoms with Crippen molar-refractivity contribution in [3.05, 3.63) is 48.0 Å². The number of aromatic nitrogens is 4. The van der Waals surface area contributed by atoms with Gasteiger partial charge in [0.05, 0.1) is 26.1 Å². The van der Waals surface area contributed by atoms with Crippen molar-refractivity contribution in [2.24, 2.45) is 5.92 Å². The maximum absolute atomic E-state index is 13.0. The molecule has 0 bridgehead atoms. The van der Waals surface area contributed by atoms with Crippen LogP contribution in [0.3, 0.4) is 0 Å². The van der Waals surface area contributed by atoms with Gasteiger partial charge in [0.1, 0.15) is 22.9 Å². The molecule has 0 saturated heterocycles. The molecule has 0 radical (unpaired) electrons. The molecule has 176 valence electrons. The number of aliphatic hydroxyl groups is 1. The van der Waals surface area contributed by atoms with E-state index in [2.05, 4.69) is 15.2 Å². The van der Waals surface area contributed by atoms with Crippen LogP contribution in [0.25, 0.3) is 17.1 Å². The standard InChI is InChI=1S/C23H28N4O5S/c1-15-10-17(12-24-11-15)23-26-25-21(14-33(29,30)13-18(28)16-6-4-7-16)27(23)22-19(31-2)8-5-9-20(22)32-3/h5,8-12,16,18,28H,4,6-7,13-14H2,1-3H3/t18-/m0/s1. The molecule has 0 spiro atoms. The van der Waals surface area contributed by atoms with E-state index in [1.54, 1.807) is 35.2 Å². The molecule has 2 aromatic heterocycles. The van der Waals surface area contributed by atoms with E-state index < -0.39 is 15.9 Å². The third-order valence-corrected chi connectivity index (χ3v) is 7.50. The van der Waals surface area contributed by atoms with Crippen LogP contribution in [-0.2, 0) is 15.6 Å². The fraction of sp³-hybridized carbons (Fsp3) is 0.435. The van der Waals surface area contributed by atoms with Crippen LogP contribution in [0.2, 0.25) is 0 Å². The van der Waals surface area contributed by atoms with Gasteiger partial charge < -0.3 is 14.6 Å². The van der Waals surface area contributed by atoms with Crippen molar-refractivity contribution in [1.82, 2.24) is 19.7 Å². The minimum atomic E-state index is -3.67. The molecule has 1 saturated carbocycles. The normalized spacial score (nSPS) is 15.2. The number of rotatable bonds is 9. The minimum Gasteiger partial charge on any atom is -0.494 e. The number of methoxy groups -OCH3 is 2. The van der Waals surface area contributed by atoms with Crippen LogP contribution in [0.1, 0.15) is 30.7 Å². The van der Waals surface area contributed by atoms with E-state index in [1.807, 2.05) is 13.0 Å². The number of pyridine rings is 1. The van der Waals surface area contributed by atoms with Gasteiger partial charge in [-0.25, -0.2) is 8.42 Å². The Labute approximate surface area is 193 Å². The number of hydrogen-bond donors (Lipinski definition) is 1. The lowest BCUT2D eigenvalue weighted by molar-refractivity contribution is 0.0803. The van der Waals surface area contributed by atoms with Gasteiger partial charge in [0.25, 0.3) is 0 Å². The summed E-state index contributed by atoms with van der Waals surface area (Å²) in [6.45, 7) is 1.91. The third-order valence-electron chi connectivity index (χ3n) is 5.96. The number of para-hydroxylation sites is 1. The summed E-state index contributed by atoms with van der Waals surface area (Å²) in [5, 5.41) is 18.9. The van der Waals surface area contributed by atoms with Gasteiger partial charge in [-0.3, -0.25) is 9.55 Å². The zero-order valence-corrected chi connectivity index (χ0v) is 19.7.